The van der Waals surface area contributed by atoms with Crippen molar-refractivity contribution in [1.82, 2.24) is 4.90 Å². The maximum absolute atomic E-state index is 12.1. The first kappa shape index (κ1) is 14.7. The molecule has 1 saturated heterocycles. The van der Waals surface area contributed by atoms with Gasteiger partial charge in [-0.25, -0.2) is 0 Å². The first-order valence-corrected chi connectivity index (χ1v) is 7.11. The van der Waals surface area contributed by atoms with Gasteiger partial charge in [0.05, 0.1) is 16.7 Å². The summed E-state index contributed by atoms with van der Waals surface area (Å²) >= 11 is 6.01. The lowest BCUT2D eigenvalue weighted by molar-refractivity contribution is -0.136. The lowest BCUT2D eigenvalue weighted by Gasteiger charge is -2.33. The van der Waals surface area contributed by atoms with Gasteiger partial charge in [-0.1, -0.05) is 11.6 Å². The summed E-state index contributed by atoms with van der Waals surface area (Å²) in [6.45, 7) is 2.84. The minimum Gasteiger partial charge on any atom is -0.482 e. The van der Waals surface area contributed by atoms with Crippen LogP contribution in [0.15, 0.2) is 18.2 Å². The summed E-state index contributed by atoms with van der Waals surface area (Å²) in [4.78, 5) is 14.0. The van der Waals surface area contributed by atoms with Crippen molar-refractivity contribution in [2.24, 2.45) is 0 Å². The maximum Gasteiger partial charge on any atom is 0.260 e. The smallest absolute Gasteiger partial charge is 0.260 e. The van der Waals surface area contributed by atoms with Crippen LogP contribution >= 0.6 is 11.6 Å². The van der Waals surface area contributed by atoms with Gasteiger partial charge in [0.25, 0.3) is 5.91 Å². The van der Waals surface area contributed by atoms with Gasteiger partial charge >= 0.3 is 0 Å². The number of nitrogens with zero attached hydrogens (tertiary/aromatic N) is 2. The third-order valence-electron chi connectivity index (χ3n) is 3.54. The van der Waals surface area contributed by atoms with Crippen molar-refractivity contribution in [2.75, 3.05) is 13.2 Å². The molecule has 0 saturated carbocycles. The standard InChI is InChI=1S/C15H17ClN2O2/c1-11-4-2-3-7-18(11)15(19)10-20-14-6-5-12(9-17)8-13(14)16/h5-6,8,11H,2-4,7,10H2,1H3. The minimum absolute atomic E-state index is 0.0161. The molecule has 4 nitrogen and oxygen atoms in total. The average Bonchev–Trinajstić information content (AvgIpc) is 2.46. The summed E-state index contributed by atoms with van der Waals surface area (Å²) in [5.74, 6) is 0.418. The van der Waals surface area contributed by atoms with Gasteiger partial charge in [0.1, 0.15) is 5.75 Å². The van der Waals surface area contributed by atoms with Crippen molar-refractivity contribution in [3.63, 3.8) is 0 Å². The maximum atomic E-state index is 12.1. The Morgan fingerprint density at radius 2 is 2.35 bits per heavy atom. The van der Waals surface area contributed by atoms with E-state index in [1.54, 1.807) is 12.1 Å². The lowest BCUT2D eigenvalue weighted by Crippen LogP contribution is -2.44. The van der Waals surface area contributed by atoms with E-state index in [0.717, 1.165) is 19.4 Å². The Labute approximate surface area is 123 Å². The largest absolute Gasteiger partial charge is 0.482 e. The summed E-state index contributed by atoms with van der Waals surface area (Å²) in [6, 6.07) is 7.05. The van der Waals surface area contributed by atoms with Gasteiger partial charge in [0.15, 0.2) is 6.61 Å². The molecule has 1 atom stereocenters. The zero-order chi connectivity index (χ0) is 14.5. The number of carbonyl (C=O) groups is 1. The molecule has 5 heteroatoms. The molecule has 0 aliphatic carbocycles. The van der Waals surface area contributed by atoms with Crippen LogP contribution in [0.2, 0.25) is 5.02 Å². The zero-order valence-corrected chi connectivity index (χ0v) is 12.2. The number of carbonyl (C=O) groups excluding carboxylic acids is 1. The second-order valence-corrected chi connectivity index (χ2v) is 5.38. The Morgan fingerprint density at radius 3 is 3.00 bits per heavy atom. The van der Waals surface area contributed by atoms with Crippen LogP contribution in [0.25, 0.3) is 0 Å². The summed E-state index contributed by atoms with van der Waals surface area (Å²) in [5, 5.41) is 9.11. The molecule has 0 spiro atoms. The van der Waals surface area contributed by atoms with E-state index in [4.69, 9.17) is 21.6 Å². The third kappa shape index (κ3) is 3.43. The summed E-state index contributed by atoms with van der Waals surface area (Å²) < 4.78 is 5.47. The normalized spacial score (nSPS) is 18.4. The molecule has 0 N–H and O–H groups in total. The number of amides is 1. The number of benzene rings is 1. The molecule has 1 aromatic carbocycles. The minimum atomic E-state index is -0.0179. The number of ether oxygens (including phenoxy) is 1. The van der Waals surface area contributed by atoms with Crippen molar-refractivity contribution >= 4 is 17.5 Å². The molecule has 0 aromatic heterocycles. The van der Waals surface area contributed by atoms with Gasteiger partial charge in [-0.2, -0.15) is 5.26 Å². The predicted octanol–water partition coefficient (Wildman–Crippen LogP) is 2.99. The molecule has 1 unspecified atom stereocenters. The first-order chi connectivity index (χ1) is 9.61. The number of rotatable bonds is 3. The van der Waals surface area contributed by atoms with Crippen LogP contribution in [0.1, 0.15) is 31.7 Å². The molecular weight excluding hydrogens is 276 g/mol. The van der Waals surface area contributed by atoms with Gasteiger partial charge < -0.3 is 9.64 Å². The average molecular weight is 293 g/mol. The van der Waals surface area contributed by atoms with Crippen molar-refractivity contribution in [3.05, 3.63) is 28.8 Å². The van der Waals surface area contributed by atoms with Crippen LogP contribution in [0.5, 0.6) is 5.75 Å². The fourth-order valence-electron chi connectivity index (χ4n) is 2.38. The molecule has 2 rings (SSSR count). The number of piperidine rings is 1. The molecule has 1 fully saturated rings. The van der Waals surface area contributed by atoms with Crippen LogP contribution in [0.4, 0.5) is 0 Å². The number of hydrogen-bond donors (Lipinski definition) is 0. The number of likely N-dealkylation sites (tertiary alicyclic amines) is 1. The van der Waals surface area contributed by atoms with Gasteiger partial charge in [-0.05, 0) is 44.4 Å². The molecule has 1 amide bonds. The lowest BCUT2D eigenvalue weighted by atomic mass is 10.0. The fourth-order valence-corrected chi connectivity index (χ4v) is 2.61. The molecule has 0 radical (unpaired) electrons. The second-order valence-electron chi connectivity index (χ2n) is 4.98. The Morgan fingerprint density at radius 1 is 1.55 bits per heavy atom. The summed E-state index contributed by atoms with van der Waals surface area (Å²) in [5.41, 5.74) is 0.471. The topological polar surface area (TPSA) is 53.3 Å². The Kier molecular flexibility index (Phi) is 4.86. The highest BCUT2D eigenvalue weighted by molar-refractivity contribution is 6.32. The van der Waals surface area contributed by atoms with Crippen molar-refractivity contribution in [2.45, 2.75) is 32.2 Å². The second kappa shape index (κ2) is 6.62. The SMILES string of the molecule is CC1CCCCN1C(=O)COc1ccc(C#N)cc1Cl. The molecule has 1 aliphatic heterocycles. The van der Waals surface area contributed by atoms with Crippen LogP contribution in [0, 0.1) is 11.3 Å². The predicted molar refractivity (Wildman–Crippen MR) is 76.7 cm³/mol. The molecule has 0 bridgehead atoms. The molecule has 1 aromatic rings. The van der Waals surface area contributed by atoms with E-state index in [0.29, 0.717) is 16.3 Å². The van der Waals surface area contributed by atoms with E-state index in [2.05, 4.69) is 6.92 Å². The van der Waals surface area contributed by atoms with Crippen molar-refractivity contribution < 1.29 is 9.53 Å². The van der Waals surface area contributed by atoms with E-state index in [1.807, 2.05) is 11.0 Å². The summed E-state index contributed by atoms with van der Waals surface area (Å²) in [7, 11) is 0. The number of halogens is 1. The highest BCUT2D eigenvalue weighted by atomic mass is 35.5. The van der Waals surface area contributed by atoms with Crippen LogP contribution in [-0.2, 0) is 4.79 Å². The monoisotopic (exact) mass is 292 g/mol. The third-order valence-corrected chi connectivity index (χ3v) is 3.83. The van der Waals surface area contributed by atoms with Crippen molar-refractivity contribution in [1.29, 1.82) is 5.26 Å². The molecular formula is C15H17ClN2O2. The summed E-state index contributed by atoms with van der Waals surface area (Å²) in [6.07, 6.45) is 3.27. The Bertz CT molecular complexity index is 539. The van der Waals surface area contributed by atoms with Crippen LogP contribution < -0.4 is 4.74 Å². The highest BCUT2D eigenvalue weighted by Crippen LogP contribution is 2.25. The van der Waals surface area contributed by atoms with Crippen LogP contribution in [0.3, 0.4) is 0 Å². The van der Waals surface area contributed by atoms with E-state index >= 15 is 0 Å². The zero-order valence-electron chi connectivity index (χ0n) is 11.4. The van der Waals surface area contributed by atoms with Gasteiger partial charge in [0.2, 0.25) is 0 Å². The van der Waals surface area contributed by atoms with Crippen molar-refractivity contribution in [3.8, 4) is 11.8 Å². The first-order valence-electron chi connectivity index (χ1n) is 6.73. The quantitative estimate of drug-likeness (QED) is 0.860. The number of hydrogen-bond acceptors (Lipinski definition) is 3. The van der Waals surface area contributed by atoms with E-state index in [1.165, 1.54) is 12.5 Å². The molecule has 106 valence electrons. The molecule has 20 heavy (non-hydrogen) atoms. The Hall–Kier alpha value is -1.73. The van der Waals surface area contributed by atoms with Gasteiger partial charge in [-0.3, -0.25) is 4.79 Å². The van der Waals surface area contributed by atoms with Gasteiger partial charge in [0, 0.05) is 12.6 Å². The molecule has 1 aliphatic rings. The fraction of sp³-hybridized carbons (Fsp3) is 0.467. The Balaban J connectivity index is 1.95. The molecule has 1 heterocycles. The van der Waals surface area contributed by atoms with E-state index in [-0.39, 0.29) is 18.6 Å². The van der Waals surface area contributed by atoms with Gasteiger partial charge in [-0.15, -0.1) is 0 Å². The van der Waals surface area contributed by atoms with E-state index < -0.39 is 0 Å². The highest BCUT2D eigenvalue weighted by Gasteiger charge is 2.23. The van der Waals surface area contributed by atoms with Crippen LogP contribution in [-0.4, -0.2) is 30.0 Å². The van der Waals surface area contributed by atoms with E-state index in [9.17, 15) is 4.79 Å². The number of nitriles is 1.